The zero-order valence-corrected chi connectivity index (χ0v) is 31.1. The molecule has 0 saturated heterocycles. The van der Waals surface area contributed by atoms with Crippen LogP contribution in [0.15, 0.2) is 4.99 Å². The van der Waals surface area contributed by atoms with E-state index in [4.69, 9.17) is 28.7 Å². The summed E-state index contributed by atoms with van der Waals surface area (Å²) in [6.07, 6.45) is 1.46. The predicted octanol–water partition coefficient (Wildman–Crippen LogP) is -4.28. The Balaban J connectivity index is 5.46. The Morgan fingerprint density at radius 1 is 0.660 bits per heavy atom. The first-order chi connectivity index (χ1) is 24.8. The van der Waals surface area contributed by atoms with Gasteiger partial charge in [-0.25, -0.2) is 4.79 Å². The van der Waals surface area contributed by atoms with E-state index in [-0.39, 0.29) is 56.9 Å². The van der Waals surface area contributed by atoms with Crippen LogP contribution in [0.3, 0.4) is 0 Å². The SMILES string of the molecule is CC(C)CC(NC(=O)CNC(=O)C(N)CCC(N)=O)C(=O)NC(C(=O)NCC(=O)NC(CCCCN)C(=O)NC(CCCN=C(N)N)C(=O)O)C(C)C. The summed E-state index contributed by atoms with van der Waals surface area (Å²) >= 11 is 0. The van der Waals surface area contributed by atoms with Gasteiger partial charge in [-0.3, -0.25) is 38.6 Å². The summed E-state index contributed by atoms with van der Waals surface area (Å²) in [5, 5.41) is 24.5. The van der Waals surface area contributed by atoms with Crippen LogP contribution in [-0.2, 0) is 38.4 Å². The van der Waals surface area contributed by atoms with E-state index in [1.54, 1.807) is 13.8 Å². The fourth-order valence-corrected chi connectivity index (χ4v) is 4.78. The quantitative estimate of drug-likeness (QED) is 0.0215. The fraction of sp³-hybridized carbons (Fsp3) is 0.719. The minimum atomic E-state index is -1.29. The number of aliphatic carboxylic acids is 1. The van der Waals surface area contributed by atoms with E-state index in [0.29, 0.717) is 19.4 Å². The second-order valence-electron chi connectivity index (χ2n) is 13.3. The average molecular weight is 757 g/mol. The number of carbonyl (C=O) groups is 8. The standard InChI is InChI=1S/C32H60N12O9/c1-17(2)14-22(42-25(47)15-39-27(48)19(34)10-11-23(35)45)29(50)44-26(18(3)4)30(51)40-16-24(46)41-20(8-5-6-12-33)28(49)43-21(31(52)53)9-7-13-38-32(36)37/h17-22,26H,5-16,33-34H2,1-4H3,(H2,35,45)(H,39,48)(H,40,51)(H,41,46)(H,42,47)(H,43,49)(H,44,50)(H,52,53)(H4,36,37,38). The van der Waals surface area contributed by atoms with Gasteiger partial charge in [-0.05, 0) is 63.3 Å². The lowest BCUT2D eigenvalue weighted by Gasteiger charge is -2.26. The Kier molecular flexibility index (Phi) is 23.4. The van der Waals surface area contributed by atoms with Crippen LogP contribution in [-0.4, -0.2) is 115 Å². The van der Waals surface area contributed by atoms with Gasteiger partial charge >= 0.3 is 5.97 Å². The van der Waals surface area contributed by atoms with E-state index in [0.717, 1.165) is 0 Å². The molecule has 0 aliphatic carbocycles. The second-order valence-corrected chi connectivity index (χ2v) is 13.3. The Bertz CT molecular complexity index is 1270. The Hall–Kier alpha value is -5.05. The number of carboxylic acids is 1. The van der Waals surface area contributed by atoms with E-state index in [1.807, 2.05) is 13.8 Å². The molecule has 0 bridgehead atoms. The van der Waals surface area contributed by atoms with Crippen LogP contribution in [0.25, 0.3) is 0 Å². The van der Waals surface area contributed by atoms with Crippen molar-refractivity contribution in [2.24, 2.45) is 45.5 Å². The molecule has 0 radical (unpaired) electrons. The Morgan fingerprint density at radius 2 is 1.21 bits per heavy atom. The molecule has 0 aromatic carbocycles. The number of unbranched alkanes of at least 4 members (excludes halogenated alkanes) is 1. The van der Waals surface area contributed by atoms with Gasteiger partial charge in [0.2, 0.25) is 41.4 Å². The lowest BCUT2D eigenvalue weighted by Crippen LogP contribution is -2.57. The van der Waals surface area contributed by atoms with E-state index in [1.165, 1.54) is 0 Å². The van der Waals surface area contributed by atoms with Crippen LogP contribution < -0.4 is 60.6 Å². The number of nitrogens with two attached hydrogens (primary N) is 5. The number of amides is 7. The fourth-order valence-electron chi connectivity index (χ4n) is 4.78. The van der Waals surface area contributed by atoms with Crippen molar-refractivity contribution in [3.05, 3.63) is 0 Å². The summed E-state index contributed by atoms with van der Waals surface area (Å²) < 4.78 is 0. The maximum absolute atomic E-state index is 13.3. The molecule has 5 atom stereocenters. The highest BCUT2D eigenvalue weighted by Crippen LogP contribution is 2.09. The van der Waals surface area contributed by atoms with Gasteiger partial charge in [-0.1, -0.05) is 27.7 Å². The maximum Gasteiger partial charge on any atom is 0.326 e. The third-order valence-corrected chi connectivity index (χ3v) is 7.65. The Labute approximate surface area is 309 Å². The van der Waals surface area contributed by atoms with E-state index >= 15 is 0 Å². The van der Waals surface area contributed by atoms with Gasteiger partial charge in [0.25, 0.3) is 0 Å². The van der Waals surface area contributed by atoms with Crippen LogP contribution in [0.5, 0.6) is 0 Å². The highest BCUT2D eigenvalue weighted by atomic mass is 16.4. The number of guanidine groups is 1. The third kappa shape index (κ3) is 21.8. The molecule has 53 heavy (non-hydrogen) atoms. The molecule has 0 spiro atoms. The molecule has 17 N–H and O–H groups in total. The molecule has 0 fully saturated rings. The van der Waals surface area contributed by atoms with Crippen LogP contribution in [0.4, 0.5) is 0 Å². The first-order valence-electron chi connectivity index (χ1n) is 17.6. The topological polar surface area (TPSA) is 371 Å². The smallest absolute Gasteiger partial charge is 0.326 e. The number of hydrogen-bond donors (Lipinski definition) is 12. The number of nitrogens with one attached hydrogen (secondary N) is 6. The van der Waals surface area contributed by atoms with Crippen molar-refractivity contribution in [3.8, 4) is 0 Å². The number of nitrogens with zero attached hydrogens (tertiary/aromatic N) is 1. The van der Waals surface area contributed by atoms with E-state index in [2.05, 4.69) is 36.9 Å². The van der Waals surface area contributed by atoms with Gasteiger partial charge in [0.1, 0.15) is 24.2 Å². The number of rotatable bonds is 27. The number of carbonyl (C=O) groups excluding carboxylic acids is 7. The van der Waals surface area contributed by atoms with Crippen molar-refractivity contribution in [1.82, 2.24) is 31.9 Å². The van der Waals surface area contributed by atoms with Crippen LogP contribution >= 0.6 is 0 Å². The van der Waals surface area contributed by atoms with Crippen molar-refractivity contribution < 1.29 is 43.5 Å². The molecule has 0 saturated carbocycles. The van der Waals surface area contributed by atoms with Crippen molar-refractivity contribution in [2.45, 2.75) is 109 Å². The van der Waals surface area contributed by atoms with E-state index in [9.17, 15) is 43.5 Å². The summed E-state index contributed by atoms with van der Waals surface area (Å²) in [7, 11) is 0. The zero-order valence-electron chi connectivity index (χ0n) is 31.1. The van der Waals surface area contributed by atoms with Gasteiger partial charge in [-0.2, -0.15) is 0 Å². The summed E-state index contributed by atoms with van der Waals surface area (Å²) in [6, 6.07) is -5.71. The summed E-state index contributed by atoms with van der Waals surface area (Å²) in [6.45, 7) is 6.35. The summed E-state index contributed by atoms with van der Waals surface area (Å²) in [5.41, 5.74) is 26.9. The minimum Gasteiger partial charge on any atom is -0.480 e. The van der Waals surface area contributed by atoms with Crippen molar-refractivity contribution in [3.63, 3.8) is 0 Å². The maximum atomic E-state index is 13.3. The first kappa shape index (κ1) is 47.9. The van der Waals surface area contributed by atoms with Crippen molar-refractivity contribution in [1.29, 1.82) is 0 Å². The van der Waals surface area contributed by atoms with Crippen LogP contribution in [0.2, 0.25) is 0 Å². The molecule has 0 aromatic heterocycles. The minimum absolute atomic E-state index is 0.0109. The molecule has 302 valence electrons. The highest BCUT2D eigenvalue weighted by Gasteiger charge is 2.31. The second kappa shape index (κ2) is 25.8. The van der Waals surface area contributed by atoms with Gasteiger partial charge in [-0.15, -0.1) is 0 Å². The number of hydrogen-bond acceptors (Lipinski definition) is 11. The van der Waals surface area contributed by atoms with E-state index < -0.39 is 96.5 Å². The normalized spacial score (nSPS) is 13.7. The van der Waals surface area contributed by atoms with Gasteiger partial charge < -0.3 is 65.7 Å². The lowest BCUT2D eigenvalue weighted by molar-refractivity contribution is -0.142. The zero-order chi connectivity index (χ0) is 40.7. The van der Waals surface area contributed by atoms with Gasteiger partial charge in [0.15, 0.2) is 5.96 Å². The largest absolute Gasteiger partial charge is 0.480 e. The summed E-state index contributed by atoms with van der Waals surface area (Å²) in [5.74, 6) is -6.88. The molecule has 0 rings (SSSR count). The molecule has 0 aromatic rings. The van der Waals surface area contributed by atoms with Crippen LogP contribution in [0.1, 0.15) is 79.1 Å². The molecule has 0 aliphatic heterocycles. The van der Waals surface area contributed by atoms with Crippen molar-refractivity contribution >= 4 is 53.3 Å². The molecule has 7 amide bonds. The monoisotopic (exact) mass is 756 g/mol. The molecule has 21 heteroatoms. The Morgan fingerprint density at radius 3 is 1.72 bits per heavy atom. The highest BCUT2D eigenvalue weighted by molar-refractivity contribution is 5.95. The number of primary amides is 1. The predicted molar refractivity (Wildman–Crippen MR) is 195 cm³/mol. The molecular formula is C32H60N12O9. The molecule has 0 aliphatic rings. The van der Waals surface area contributed by atoms with Gasteiger partial charge in [0, 0.05) is 13.0 Å². The van der Waals surface area contributed by atoms with Crippen LogP contribution in [0, 0.1) is 11.8 Å². The molecule has 5 unspecified atom stereocenters. The average Bonchev–Trinajstić information content (AvgIpc) is 3.07. The summed E-state index contributed by atoms with van der Waals surface area (Å²) in [4.78, 5) is 104. The molecule has 21 nitrogen and oxygen atoms in total. The molecular weight excluding hydrogens is 696 g/mol. The number of carboxylic acid groups (broad SMARTS) is 1. The molecule has 0 heterocycles. The third-order valence-electron chi connectivity index (χ3n) is 7.65. The van der Waals surface area contributed by atoms with Gasteiger partial charge in [0.05, 0.1) is 19.1 Å². The number of aliphatic imine (C=N–C) groups is 1. The first-order valence-corrected chi connectivity index (χ1v) is 17.6. The van der Waals surface area contributed by atoms with Crippen molar-refractivity contribution in [2.75, 3.05) is 26.2 Å². The lowest BCUT2D eigenvalue weighted by atomic mass is 10.00.